The molecule has 0 saturated heterocycles. The SMILES string of the molecule is CN(C)Cc1ccc(CC[C@@H]2CCC[C@H](C(=O)O)C2)cc1. The smallest absolute Gasteiger partial charge is 0.306 e. The molecule has 2 rings (SSSR count). The highest BCUT2D eigenvalue weighted by molar-refractivity contribution is 5.70. The second-order valence-electron chi connectivity index (χ2n) is 6.66. The van der Waals surface area contributed by atoms with E-state index in [-0.39, 0.29) is 5.92 Å². The molecule has 1 aromatic carbocycles. The van der Waals surface area contributed by atoms with Crippen molar-refractivity contribution >= 4 is 5.97 Å². The summed E-state index contributed by atoms with van der Waals surface area (Å²) in [7, 11) is 4.16. The summed E-state index contributed by atoms with van der Waals surface area (Å²) in [6.07, 6.45) is 6.20. The number of hydrogen-bond donors (Lipinski definition) is 1. The molecule has 0 amide bonds. The van der Waals surface area contributed by atoms with Gasteiger partial charge in [-0.25, -0.2) is 0 Å². The summed E-state index contributed by atoms with van der Waals surface area (Å²) in [4.78, 5) is 13.3. The molecule has 0 bridgehead atoms. The standard InChI is InChI=1S/C18H27NO2/c1-19(2)13-16-10-7-14(8-11-16)6-9-15-4-3-5-17(12-15)18(20)21/h7-8,10-11,15,17H,3-6,9,12-13H2,1-2H3,(H,20,21)/t15-,17-/m0/s1. The largest absolute Gasteiger partial charge is 0.481 e. The van der Waals surface area contributed by atoms with Crippen LogP contribution in [-0.4, -0.2) is 30.1 Å². The Morgan fingerprint density at radius 1 is 1.19 bits per heavy atom. The van der Waals surface area contributed by atoms with Crippen molar-refractivity contribution in [3.8, 4) is 0 Å². The van der Waals surface area contributed by atoms with E-state index in [0.29, 0.717) is 5.92 Å². The van der Waals surface area contributed by atoms with Gasteiger partial charge in [0.2, 0.25) is 0 Å². The first-order valence-electron chi connectivity index (χ1n) is 8.00. The number of benzene rings is 1. The molecule has 0 unspecified atom stereocenters. The van der Waals surface area contributed by atoms with Gasteiger partial charge < -0.3 is 10.0 Å². The quantitative estimate of drug-likeness (QED) is 0.870. The van der Waals surface area contributed by atoms with Crippen LogP contribution in [0.25, 0.3) is 0 Å². The highest BCUT2D eigenvalue weighted by Crippen LogP contribution is 2.32. The Kier molecular flexibility index (Phi) is 5.80. The fourth-order valence-electron chi connectivity index (χ4n) is 3.32. The van der Waals surface area contributed by atoms with E-state index in [9.17, 15) is 4.79 Å². The van der Waals surface area contributed by atoms with Gasteiger partial charge in [-0.3, -0.25) is 4.79 Å². The van der Waals surface area contributed by atoms with Gasteiger partial charge >= 0.3 is 5.97 Å². The summed E-state index contributed by atoms with van der Waals surface area (Å²) in [5.74, 6) is -0.125. The minimum atomic E-state index is -0.604. The van der Waals surface area contributed by atoms with Crippen LogP contribution in [0, 0.1) is 11.8 Å². The molecule has 1 N–H and O–H groups in total. The summed E-state index contributed by atoms with van der Waals surface area (Å²) in [5.41, 5.74) is 2.71. The van der Waals surface area contributed by atoms with Gasteiger partial charge in [0.1, 0.15) is 0 Å². The lowest BCUT2D eigenvalue weighted by molar-refractivity contribution is -0.143. The lowest BCUT2D eigenvalue weighted by Crippen LogP contribution is -2.22. The van der Waals surface area contributed by atoms with Gasteiger partial charge in [0.25, 0.3) is 0 Å². The van der Waals surface area contributed by atoms with E-state index in [1.165, 1.54) is 17.5 Å². The first kappa shape index (κ1) is 16.0. The predicted octanol–water partition coefficient (Wildman–Crippen LogP) is 3.57. The molecule has 1 fully saturated rings. The van der Waals surface area contributed by atoms with Crippen molar-refractivity contribution in [2.75, 3.05) is 14.1 Å². The minimum absolute atomic E-state index is 0.105. The highest BCUT2D eigenvalue weighted by Gasteiger charge is 2.26. The maximum atomic E-state index is 11.1. The Hall–Kier alpha value is -1.35. The van der Waals surface area contributed by atoms with Gasteiger partial charge in [-0.1, -0.05) is 37.1 Å². The first-order valence-corrected chi connectivity index (χ1v) is 8.00. The normalized spacial score (nSPS) is 22.4. The molecule has 116 valence electrons. The molecule has 2 atom stereocenters. The van der Waals surface area contributed by atoms with Crippen LogP contribution in [0.1, 0.15) is 43.2 Å². The van der Waals surface area contributed by atoms with Crippen LogP contribution in [0.4, 0.5) is 0 Å². The van der Waals surface area contributed by atoms with Crippen LogP contribution >= 0.6 is 0 Å². The van der Waals surface area contributed by atoms with E-state index in [2.05, 4.69) is 43.3 Å². The fraction of sp³-hybridized carbons (Fsp3) is 0.611. The maximum absolute atomic E-state index is 11.1. The van der Waals surface area contributed by atoms with Crippen molar-refractivity contribution in [3.05, 3.63) is 35.4 Å². The number of aryl methyl sites for hydroxylation is 1. The molecule has 0 aliphatic heterocycles. The van der Waals surface area contributed by atoms with Crippen LogP contribution < -0.4 is 0 Å². The number of carboxylic acid groups (broad SMARTS) is 1. The summed E-state index contributed by atoms with van der Waals surface area (Å²) < 4.78 is 0. The molecule has 21 heavy (non-hydrogen) atoms. The summed E-state index contributed by atoms with van der Waals surface area (Å²) >= 11 is 0. The molecule has 0 aromatic heterocycles. The molecular formula is C18H27NO2. The second-order valence-corrected chi connectivity index (χ2v) is 6.66. The van der Waals surface area contributed by atoms with Gasteiger partial charge in [0.15, 0.2) is 0 Å². The first-order chi connectivity index (χ1) is 10.0. The number of nitrogens with zero attached hydrogens (tertiary/aromatic N) is 1. The topological polar surface area (TPSA) is 40.5 Å². The molecule has 1 aromatic rings. The van der Waals surface area contributed by atoms with Gasteiger partial charge in [0, 0.05) is 6.54 Å². The van der Waals surface area contributed by atoms with Crippen molar-refractivity contribution < 1.29 is 9.90 Å². The van der Waals surface area contributed by atoms with Crippen molar-refractivity contribution in [2.24, 2.45) is 11.8 Å². The molecule has 0 radical (unpaired) electrons. The Labute approximate surface area is 128 Å². The van der Waals surface area contributed by atoms with Crippen molar-refractivity contribution in [1.82, 2.24) is 4.90 Å². The lowest BCUT2D eigenvalue weighted by Gasteiger charge is -2.26. The Bertz CT molecular complexity index is 453. The average Bonchev–Trinajstić information content (AvgIpc) is 2.46. The zero-order valence-electron chi connectivity index (χ0n) is 13.2. The Morgan fingerprint density at radius 2 is 1.86 bits per heavy atom. The second kappa shape index (κ2) is 7.60. The third-order valence-corrected chi connectivity index (χ3v) is 4.50. The van der Waals surface area contributed by atoms with Gasteiger partial charge in [-0.15, -0.1) is 0 Å². The van der Waals surface area contributed by atoms with Crippen LogP contribution in [0.5, 0.6) is 0 Å². The number of carboxylic acids is 1. The van der Waals surface area contributed by atoms with E-state index in [1.807, 2.05) is 0 Å². The van der Waals surface area contributed by atoms with E-state index in [0.717, 1.165) is 38.6 Å². The van der Waals surface area contributed by atoms with Crippen LogP contribution in [0.3, 0.4) is 0 Å². The van der Waals surface area contributed by atoms with Gasteiger partial charge in [-0.05, 0) is 56.8 Å². The maximum Gasteiger partial charge on any atom is 0.306 e. The zero-order valence-corrected chi connectivity index (χ0v) is 13.2. The number of hydrogen-bond acceptors (Lipinski definition) is 2. The summed E-state index contributed by atoms with van der Waals surface area (Å²) in [5, 5.41) is 9.14. The lowest BCUT2D eigenvalue weighted by atomic mass is 9.79. The molecule has 3 heteroatoms. The average molecular weight is 289 g/mol. The number of rotatable bonds is 6. The van der Waals surface area contributed by atoms with Crippen LogP contribution in [0.15, 0.2) is 24.3 Å². The van der Waals surface area contributed by atoms with Crippen molar-refractivity contribution in [1.29, 1.82) is 0 Å². The molecule has 1 aliphatic rings. The van der Waals surface area contributed by atoms with Crippen LogP contribution in [-0.2, 0) is 17.8 Å². The third kappa shape index (κ3) is 5.16. The molecular weight excluding hydrogens is 262 g/mol. The van der Waals surface area contributed by atoms with E-state index in [4.69, 9.17) is 5.11 Å². The minimum Gasteiger partial charge on any atom is -0.481 e. The Balaban J connectivity index is 1.81. The third-order valence-electron chi connectivity index (χ3n) is 4.50. The predicted molar refractivity (Wildman–Crippen MR) is 85.2 cm³/mol. The number of aliphatic carboxylic acids is 1. The van der Waals surface area contributed by atoms with Gasteiger partial charge in [0.05, 0.1) is 5.92 Å². The van der Waals surface area contributed by atoms with Gasteiger partial charge in [-0.2, -0.15) is 0 Å². The molecule has 3 nitrogen and oxygen atoms in total. The van der Waals surface area contributed by atoms with E-state index in [1.54, 1.807) is 0 Å². The monoisotopic (exact) mass is 289 g/mol. The van der Waals surface area contributed by atoms with E-state index < -0.39 is 5.97 Å². The Morgan fingerprint density at radius 3 is 2.48 bits per heavy atom. The molecule has 0 spiro atoms. The molecule has 0 heterocycles. The van der Waals surface area contributed by atoms with Crippen molar-refractivity contribution in [2.45, 2.75) is 45.1 Å². The summed E-state index contributed by atoms with van der Waals surface area (Å²) in [6.45, 7) is 0.975. The highest BCUT2D eigenvalue weighted by atomic mass is 16.4. The zero-order chi connectivity index (χ0) is 15.2. The molecule has 1 saturated carbocycles. The fourth-order valence-corrected chi connectivity index (χ4v) is 3.32. The van der Waals surface area contributed by atoms with E-state index >= 15 is 0 Å². The molecule has 1 aliphatic carbocycles. The number of carbonyl (C=O) groups is 1. The van der Waals surface area contributed by atoms with Crippen molar-refractivity contribution in [3.63, 3.8) is 0 Å². The summed E-state index contributed by atoms with van der Waals surface area (Å²) in [6, 6.07) is 8.85. The van der Waals surface area contributed by atoms with Crippen LogP contribution in [0.2, 0.25) is 0 Å².